The summed E-state index contributed by atoms with van der Waals surface area (Å²) in [7, 11) is 3.20. The second kappa shape index (κ2) is 9.67. The predicted octanol–water partition coefficient (Wildman–Crippen LogP) is 6.38. The first kappa shape index (κ1) is 23.9. The maximum absolute atomic E-state index is 13.4. The van der Waals surface area contributed by atoms with Gasteiger partial charge in [0, 0.05) is 22.7 Å². The fourth-order valence-electron chi connectivity index (χ4n) is 4.53. The lowest BCUT2D eigenvalue weighted by Crippen LogP contribution is -2.35. The number of hydrogen-bond acceptors (Lipinski definition) is 6. The minimum Gasteiger partial charge on any atom is -0.497 e. The van der Waals surface area contributed by atoms with E-state index in [1.807, 2.05) is 86.6 Å². The summed E-state index contributed by atoms with van der Waals surface area (Å²) in [6.07, 6.45) is 0. The highest BCUT2D eigenvalue weighted by molar-refractivity contribution is 6.54. The molecule has 0 saturated heterocycles. The van der Waals surface area contributed by atoms with Gasteiger partial charge >= 0.3 is 0 Å². The van der Waals surface area contributed by atoms with Gasteiger partial charge in [0.2, 0.25) is 5.88 Å². The number of anilines is 1. The zero-order valence-corrected chi connectivity index (χ0v) is 21.0. The van der Waals surface area contributed by atoms with Gasteiger partial charge in [0.05, 0.1) is 19.9 Å². The molecule has 0 unspecified atom stereocenters. The van der Waals surface area contributed by atoms with E-state index in [2.05, 4.69) is 11.1 Å². The Morgan fingerprint density at radius 3 is 2.05 bits per heavy atom. The highest BCUT2D eigenvalue weighted by atomic mass is 16.5. The Kier molecular flexibility index (Phi) is 6.24. The van der Waals surface area contributed by atoms with Crippen molar-refractivity contribution in [2.75, 3.05) is 19.1 Å². The van der Waals surface area contributed by atoms with Crippen LogP contribution in [0.3, 0.4) is 0 Å². The molecule has 0 N–H and O–H groups in total. The zero-order chi connectivity index (χ0) is 26.1. The van der Waals surface area contributed by atoms with Crippen molar-refractivity contribution in [1.82, 2.24) is 0 Å². The fourth-order valence-corrected chi connectivity index (χ4v) is 4.53. The number of fused-ring (bicyclic) bond motifs is 1. The van der Waals surface area contributed by atoms with Gasteiger partial charge in [-0.3, -0.25) is 4.79 Å². The number of benzene rings is 3. The third kappa shape index (κ3) is 4.13. The lowest BCUT2D eigenvalue weighted by atomic mass is 9.98. The Hall–Kier alpha value is -4.83. The zero-order valence-electron chi connectivity index (χ0n) is 21.0. The molecule has 1 aliphatic rings. The summed E-state index contributed by atoms with van der Waals surface area (Å²) in [6, 6.07) is 24.5. The Balaban J connectivity index is 1.73. The highest BCUT2D eigenvalue weighted by Gasteiger charge is 2.36. The Bertz CT molecular complexity index is 1540. The van der Waals surface area contributed by atoms with Crippen molar-refractivity contribution in [1.29, 1.82) is 5.26 Å². The van der Waals surface area contributed by atoms with Crippen molar-refractivity contribution in [2.24, 2.45) is 4.99 Å². The number of amides is 1. The Morgan fingerprint density at radius 1 is 0.892 bits per heavy atom. The van der Waals surface area contributed by atoms with E-state index in [0.717, 1.165) is 16.8 Å². The molecule has 0 spiro atoms. The van der Waals surface area contributed by atoms with E-state index in [1.54, 1.807) is 19.1 Å². The minimum atomic E-state index is -0.228. The molecule has 0 atom stereocenters. The number of nitrogens with zero attached hydrogens (tertiary/aromatic N) is 3. The largest absolute Gasteiger partial charge is 0.497 e. The molecular weight excluding hydrogens is 466 g/mol. The molecule has 1 aliphatic heterocycles. The minimum absolute atomic E-state index is 0.0573. The maximum Gasteiger partial charge on any atom is 0.277 e. The summed E-state index contributed by atoms with van der Waals surface area (Å²) in [5.41, 5.74) is 4.09. The molecule has 2 heterocycles. The monoisotopic (exact) mass is 491 g/mol. The Morgan fingerprint density at radius 2 is 1.49 bits per heavy atom. The third-order valence-corrected chi connectivity index (χ3v) is 6.30. The van der Waals surface area contributed by atoms with Gasteiger partial charge in [-0.2, -0.15) is 5.26 Å². The molecule has 0 fully saturated rings. The molecule has 7 nitrogen and oxygen atoms in total. The van der Waals surface area contributed by atoms with E-state index < -0.39 is 0 Å². The first-order valence-corrected chi connectivity index (χ1v) is 11.8. The number of ether oxygens (including phenoxy) is 2. The summed E-state index contributed by atoms with van der Waals surface area (Å²) in [5.74, 6) is 1.72. The lowest BCUT2D eigenvalue weighted by Gasteiger charge is -2.20. The van der Waals surface area contributed by atoms with Gasteiger partial charge in [0.1, 0.15) is 34.6 Å². The van der Waals surface area contributed by atoms with Crippen molar-refractivity contribution in [3.05, 3.63) is 83.9 Å². The molecule has 0 aliphatic carbocycles. The van der Waals surface area contributed by atoms with Gasteiger partial charge in [-0.25, -0.2) is 4.99 Å². The number of rotatable bonds is 6. The second-order valence-corrected chi connectivity index (χ2v) is 8.80. The topological polar surface area (TPSA) is 88.1 Å². The maximum atomic E-state index is 13.4. The van der Waals surface area contributed by atoms with Crippen molar-refractivity contribution in [2.45, 2.75) is 19.9 Å². The third-order valence-electron chi connectivity index (χ3n) is 6.30. The van der Waals surface area contributed by atoms with Crippen LogP contribution in [-0.2, 0) is 4.79 Å². The average molecular weight is 492 g/mol. The summed E-state index contributed by atoms with van der Waals surface area (Å²) in [6.45, 7) is 3.91. The molecule has 3 aromatic carbocycles. The second-order valence-electron chi connectivity index (χ2n) is 8.80. The fraction of sp³-hybridized carbons (Fsp3) is 0.167. The SMILES string of the molecule is COc1ccc(-c2oc(N=C3C(=O)N(C(C)C)c4ccccc43)c(C#N)c2-c2ccc(OC)cc2)cc1. The van der Waals surface area contributed by atoms with Crippen LogP contribution >= 0.6 is 0 Å². The predicted molar refractivity (Wildman–Crippen MR) is 143 cm³/mol. The average Bonchev–Trinajstić information content (AvgIpc) is 3.43. The summed E-state index contributed by atoms with van der Waals surface area (Å²) < 4.78 is 16.9. The van der Waals surface area contributed by atoms with Crippen LogP contribution in [-0.4, -0.2) is 31.9 Å². The van der Waals surface area contributed by atoms with Gasteiger partial charge < -0.3 is 18.8 Å². The first-order valence-electron chi connectivity index (χ1n) is 11.8. The number of aliphatic imine (C=N–C) groups is 1. The normalized spacial score (nSPS) is 13.7. The van der Waals surface area contributed by atoms with Gasteiger partial charge in [0.15, 0.2) is 0 Å². The van der Waals surface area contributed by atoms with Crippen LogP contribution in [0.25, 0.3) is 22.5 Å². The van der Waals surface area contributed by atoms with E-state index in [9.17, 15) is 10.1 Å². The molecule has 5 rings (SSSR count). The van der Waals surface area contributed by atoms with E-state index in [1.165, 1.54) is 0 Å². The molecular formula is C30H25N3O4. The van der Waals surface area contributed by atoms with Crippen LogP contribution in [0.1, 0.15) is 25.0 Å². The molecule has 0 bridgehead atoms. The van der Waals surface area contributed by atoms with Crippen LogP contribution in [0, 0.1) is 11.3 Å². The van der Waals surface area contributed by atoms with Crippen molar-refractivity contribution in [3.8, 4) is 40.0 Å². The molecule has 1 amide bonds. The van der Waals surface area contributed by atoms with E-state index >= 15 is 0 Å². The number of carbonyl (C=O) groups is 1. The smallest absolute Gasteiger partial charge is 0.277 e. The molecule has 184 valence electrons. The quantitative estimate of drug-likeness (QED) is 0.312. The van der Waals surface area contributed by atoms with Crippen molar-refractivity contribution >= 4 is 23.2 Å². The number of carbonyl (C=O) groups excluding carboxylic acids is 1. The van der Waals surface area contributed by atoms with Crippen LogP contribution < -0.4 is 14.4 Å². The first-order chi connectivity index (χ1) is 18.0. The van der Waals surface area contributed by atoms with Crippen LogP contribution in [0.15, 0.2) is 82.2 Å². The number of furan rings is 1. The highest BCUT2D eigenvalue weighted by Crippen LogP contribution is 2.44. The van der Waals surface area contributed by atoms with Gasteiger partial charge in [-0.1, -0.05) is 30.3 Å². The molecule has 0 radical (unpaired) electrons. The van der Waals surface area contributed by atoms with E-state index in [0.29, 0.717) is 28.4 Å². The molecule has 37 heavy (non-hydrogen) atoms. The lowest BCUT2D eigenvalue weighted by molar-refractivity contribution is -0.112. The van der Waals surface area contributed by atoms with Gasteiger partial charge in [-0.15, -0.1) is 0 Å². The molecule has 1 aromatic heterocycles. The number of methoxy groups -OCH3 is 2. The van der Waals surface area contributed by atoms with Gasteiger partial charge in [-0.05, 0) is 61.9 Å². The van der Waals surface area contributed by atoms with E-state index in [4.69, 9.17) is 13.9 Å². The number of hydrogen-bond donors (Lipinski definition) is 0. The van der Waals surface area contributed by atoms with Crippen molar-refractivity contribution < 1.29 is 18.7 Å². The van der Waals surface area contributed by atoms with Crippen LogP contribution in [0.2, 0.25) is 0 Å². The summed E-state index contributed by atoms with van der Waals surface area (Å²) in [5, 5.41) is 10.3. The number of nitriles is 1. The molecule has 4 aromatic rings. The van der Waals surface area contributed by atoms with E-state index in [-0.39, 0.29) is 29.1 Å². The standard InChI is InChI=1S/C30H25N3O4/c1-18(2)33-25-8-6-5-7-23(25)27(30(33)34)32-29-24(17-31)26(19-9-13-21(35-3)14-10-19)28(37-29)20-11-15-22(36-4)16-12-20/h5-16,18H,1-4H3. The summed E-state index contributed by atoms with van der Waals surface area (Å²) in [4.78, 5) is 19.8. The molecule has 0 saturated carbocycles. The van der Waals surface area contributed by atoms with Crippen molar-refractivity contribution in [3.63, 3.8) is 0 Å². The van der Waals surface area contributed by atoms with Gasteiger partial charge in [0.25, 0.3) is 5.91 Å². The number of para-hydroxylation sites is 1. The molecule has 7 heteroatoms. The van der Waals surface area contributed by atoms with Crippen LogP contribution in [0.4, 0.5) is 11.6 Å². The summed E-state index contributed by atoms with van der Waals surface area (Å²) >= 11 is 0. The Labute approximate surface area is 215 Å². The van der Waals surface area contributed by atoms with Crippen LogP contribution in [0.5, 0.6) is 11.5 Å².